The molecule has 0 bridgehead atoms. The standard InChI is InChI=1S/C44H62N4O4.C40H54N4O4.C32H38N4O4/c1-13-17-19-27(15-3)41(51)45-33-23-35-31(43(7,8)25(5)47(35)11)21-29(33)37-39(49)38(40(37)50)30-22-32-36(48(12)26(6)44(32,9)10)24-34(30)46-42(52)28(16-4)20-18-14-2;1-11-13-15-17-33(45)41-29-21-31-27(39(5,6)23(3)43(31)9)19-25(29)35-37(47)36(38(35)48)26-20-28-32(44(10)24(4)40(28,7)8)22-30(26)42-34(46)18-16-14-12-2;1-15-31(5,6)21-11-19(23(33-17(3)37)13-25(21)35(15)9)27-29(39)28(30(27)40)20-12-22-26(14-24(20)34-18(4)38)36(10)16(2)32(22,7)8/h21-28,49H,13-20H2,1-12H3,(H,45,51);19-24,47H,11-18H2,1-10H3,(H,41,45);11-16,39H,1-10H3,(H,33,37). The number of amides is 6. The van der Waals surface area contributed by atoms with E-state index in [0.717, 1.165) is 145 Å². The fourth-order valence-corrected chi connectivity index (χ4v) is 22.6. The van der Waals surface area contributed by atoms with Gasteiger partial charge < -0.3 is 60.7 Å². The molecule has 0 saturated carbocycles. The Kier molecular flexibility index (Phi) is 29.8. The van der Waals surface area contributed by atoms with Gasteiger partial charge in [-0.1, -0.05) is 176 Å². The van der Waals surface area contributed by atoms with Crippen molar-refractivity contribution in [2.24, 2.45) is 43.1 Å². The summed E-state index contributed by atoms with van der Waals surface area (Å²) in [5.41, 5.74) is 17.3. The van der Waals surface area contributed by atoms with Crippen molar-refractivity contribution in [1.82, 2.24) is 14.7 Å². The number of aliphatic hydroxyl groups is 3. The number of carbonyl (C=O) groups excluding carboxylic acids is 9. The Morgan fingerprint density at radius 3 is 0.993 bits per heavy atom. The molecule has 8 atom stereocenters. The van der Waals surface area contributed by atoms with Gasteiger partial charge in [0.1, 0.15) is 17.3 Å². The van der Waals surface area contributed by atoms with Gasteiger partial charge in [-0.05, 0) is 186 Å². The molecule has 6 amide bonds. The number of nitrogens with one attached hydrogen (secondary N) is 3. The Balaban J connectivity index is 0.000000178. The summed E-state index contributed by atoms with van der Waals surface area (Å²) in [6.07, 6.45) is 24.5. The molecule has 6 N–H and O–H groups in total. The Labute approximate surface area is 831 Å². The van der Waals surface area contributed by atoms with Crippen LogP contribution in [0.1, 0.15) is 316 Å². The van der Waals surface area contributed by atoms with Crippen molar-refractivity contribution in [3.05, 3.63) is 191 Å². The molecule has 3 aromatic rings. The molecule has 3 fully saturated rings. The average Bonchev–Trinajstić information content (AvgIpc) is 1.60. The second-order valence-electron chi connectivity index (χ2n) is 44.5. The lowest BCUT2D eigenvalue weighted by Crippen LogP contribution is -2.36. The maximum absolute atomic E-state index is 14.6. The molecule has 3 aromatic carbocycles. The van der Waals surface area contributed by atoms with E-state index in [1.165, 1.54) is 13.8 Å². The Hall–Kier alpha value is -11.8. The van der Waals surface area contributed by atoms with Crippen molar-refractivity contribution in [2.75, 3.05) is 72.9 Å². The quantitative estimate of drug-likeness (QED) is 0.0359. The number of ketones is 3. The van der Waals surface area contributed by atoms with Gasteiger partial charge in [0.25, 0.3) is 0 Å². The molecule has 0 radical (unpaired) electrons. The van der Waals surface area contributed by atoms with Gasteiger partial charge in [0.15, 0.2) is 0 Å². The number of likely N-dealkylation sites (N-methyl/N-ethyl adjacent to an activating group) is 6. The second-order valence-corrected chi connectivity index (χ2v) is 44.5. The first-order valence-corrected chi connectivity index (χ1v) is 51.2. The van der Waals surface area contributed by atoms with E-state index in [0.29, 0.717) is 93.3 Å². The highest BCUT2D eigenvalue weighted by Crippen LogP contribution is 2.59. The molecule has 3 saturated heterocycles. The number of hydrogen-bond donors (Lipinski definition) is 6. The van der Waals surface area contributed by atoms with Crippen LogP contribution < -0.4 is 30.7 Å². The van der Waals surface area contributed by atoms with Gasteiger partial charge in [0.2, 0.25) is 52.8 Å². The SMILES string of the molecule is CC(=O)N=C1C=C2C(=CC1=C1C(=O)C(c3cc4c(cc3NC(C)=O)N(C)C(C)C4(C)C)=C1O)C(C)(C)C(C)N2C.CCCCC(CC)C(=O)N=C1C=C2C(=CC1=C1C(=O)C(c3cc4c(cc3NC(=O)C(CC)CCCC)N(C)C(C)C4(C)C)=C1O)C(C)(C)C(C)N2C.CCCCCC(=O)N=C1C=C2C(=CC1=C1C(=O)C(c3cc4c(cc3NC(=O)CCCCC)N(C)C(C)C4(C)C)=C1O)C(C)(C)C(C)N2C. The summed E-state index contributed by atoms with van der Waals surface area (Å²) in [6, 6.07) is 12.8. The highest BCUT2D eigenvalue weighted by atomic mass is 16.3. The molecule has 140 heavy (non-hydrogen) atoms. The summed E-state index contributed by atoms with van der Waals surface area (Å²) in [4.78, 5) is 147. The van der Waals surface area contributed by atoms with Crippen molar-refractivity contribution in [3.8, 4) is 0 Å². The summed E-state index contributed by atoms with van der Waals surface area (Å²) < 4.78 is 0. The van der Waals surface area contributed by atoms with Crippen LogP contribution in [0.15, 0.2) is 172 Å². The fourth-order valence-electron chi connectivity index (χ4n) is 22.6. The normalized spacial score (nSPS) is 25.6. The number of hydrogen-bond acceptors (Lipinski definition) is 18. The predicted molar refractivity (Wildman–Crippen MR) is 568 cm³/mol. The van der Waals surface area contributed by atoms with Crippen LogP contribution in [0, 0.1) is 28.1 Å². The third-order valence-corrected chi connectivity index (χ3v) is 34.5. The van der Waals surface area contributed by atoms with Gasteiger partial charge in [0.05, 0.1) is 67.6 Å². The smallest absolute Gasteiger partial charge is 0.249 e. The van der Waals surface area contributed by atoms with Crippen molar-refractivity contribution in [3.63, 3.8) is 0 Å². The first-order chi connectivity index (χ1) is 65.5. The highest BCUT2D eigenvalue weighted by molar-refractivity contribution is 6.45. The molecule has 750 valence electrons. The van der Waals surface area contributed by atoms with E-state index in [2.05, 4.69) is 215 Å². The van der Waals surface area contributed by atoms with E-state index < -0.39 is 5.91 Å². The van der Waals surface area contributed by atoms with Gasteiger partial charge in [-0.2, -0.15) is 0 Å². The highest BCUT2D eigenvalue weighted by Gasteiger charge is 2.54. The number of likely N-dealkylation sites (tertiary alicyclic amines) is 3. The average molecular weight is 1910 g/mol. The van der Waals surface area contributed by atoms with E-state index in [9.17, 15) is 58.5 Å². The minimum absolute atomic E-state index is 0.0755. The number of Topliss-reactive ketones (excluding diaryl/α,β-unsaturated/α-hetero) is 3. The zero-order valence-electron chi connectivity index (χ0n) is 89.4. The molecule has 12 aliphatic rings. The lowest BCUT2D eigenvalue weighted by Gasteiger charge is -2.30. The largest absolute Gasteiger partial charge is 0.506 e. The van der Waals surface area contributed by atoms with E-state index in [-0.39, 0.29) is 178 Å². The Bertz CT molecular complexity index is 6250. The molecule has 24 nitrogen and oxygen atoms in total. The number of rotatable bonds is 24. The van der Waals surface area contributed by atoms with E-state index in [4.69, 9.17) is 4.99 Å². The van der Waals surface area contributed by atoms with Crippen molar-refractivity contribution < 1.29 is 58.5 Å². The van der Waals surface area contributed by atoms with Gasteiger partial charge in [-0.3, -0.25) is 43.2 Å². The molecule has 6 heterocycles. The van der Waals surface area contributed by atoms with Crippen LogP contribution in [0.25, 0.3) is 16.7 Å². The van der Waals surface area contributed by atoms with E-state index in [1.807, 2.05) is 122 Å². The number of aliphatic hydroxyl groups excluding tert-OH is 3. The van der Waals surface area contributed by atoms with Crippen LogP contribution >= 0.6 is 0 Å². The predicted octanol–water partition coefficient (Wildman–Crippen LogP) is 22.8. The van der Waals surface area contributed by atoms with Crippen molar-refractivity contribution >= 4 is 121 Å². The zero-order chi connectivity index (χ0) is 103. The number of fused-ring (bicyclic) bond motifs is 6. The summed E-state index contributed by atoms with van der Waals surface area (Å²) in [5.74, 6) is -3.06. The minimum Gasteiger partial charge on any atom is -0.506 e. The van der Waals surface area contributed by atoms with Crippen LogP contribution in [0.5, 0.6) is 0 Å². The number of benzene rings is 3. The number of nitrogens with zero attached hydrogens (tertiary/aromatic N) is 9. The number of unbranched alkanes of at least 4 members (excludes halogenated alkanes) is 6. The van der Waals surface area contributed by atoms with Crippen molar-refractivity contribution in [1.29, 1.82) is 0 Å². The van der Waals surface area contributed by atoms with Gasteiger partial charge in [0, 0.05) is 217 Å². The lowest BCUT2D eigenvalue weighted by molar-refractivity contribution is -0.122. The lowest BCUT2D eigenvalue weighted by atomic mass is 9.73. The number of anilines is 6. The van der Waals surface area contributed by atoms with Crippen LogP contribution in [0.4, 0.5) is 34.1 Å². The van der Waals surface area contributed by atoms with Gasteiger partial charge >= 0.3 is 0 Å². The molecule has 24 heteroatoms. The maximum Gasteiger partial charge on any atom is 0.249 e. The monoisotopic (exact) mass is 1910 g/mol. The Morgan fingerprint density at radius 2 is 0.671 bits per heavy atom. The molecular formula is C116H154N12O12. The van der Waals surface area contributed by atoms with Gasteiger partial charge in [-0.15, -0.1) is 0 Å². The summed E-state index contributed by atoms with van der Waals surface area (Å²) >= 11 is 0. The van der Waals surface area contributed by atoms with Crippen LogP contribution in [0.2, 0.25) is 0 Å². The molecule has 15 rings (SSSR count). The summed E-state index contributed by atoms with van der Waals surface area (Å²) in [7, 11) is 12.2. The molecule has 0 aromatic heterocycles. The summed E-state index contributed by atoms with van der Waals surface area (Å²) in [6.45, 7) is 54.2. The van der Waals surface area contributed by atoms with E-state index in [1.54, 1.807) is 0 Å². The maximum atomic E-state index is 14.6. The second kappa shape index (κ2) is 39.6. The molecule has 8 unspecified atom stereocenters. The molecule has 0 spiro atoms. The topological polar surface area (TPSA) is 307 Å². The fraction of sp³-hybridized carbons (Fsp3) is 0.534. The van der Waals surface area contributed by atoms with E-state index >= 15 is 0 Å². The molecular weight excluding hydrogens is 1750 g/mol. The first-order valence-electron chi connectivity index (χ1n) is 51.2. The van der Waals surface area contributed by atoms with Crippen LogP contribution in [-0.2, 0) is 59.4 Å². The van der Waals surface area contributed by atoms with Crippen molar-refractivity contribution in [2.45, 2.75) is 335 Å². The Morgan fingerprint density at radius 1 is 0.364 bits per heavy atom. The van der Waals surface area contributed by atoms with Crippen LogP contribution in [0.3, 0.4) is 0 Å². The molecule has 6 aliphatic carbocycles. The zero-order valence-corrected chi connectivity index (χ0v) is 89.4. The van der Waals surface area contributed by atoms with Crippen LogP contribution in [-0.4, -0.2) is 178 Å². The molecule has 6 aliphatic heterocycles. The number of carbonyl (C=O) groups is 9. The number of allylic oxidation sites excluding steroid dienone is 18. The third-order valence-electron chi connectivity index (χ3n) is 34.5. The number of aliphatic imine (C=N–C) groups is 3. The third kappa shape index (κ3) is 18.1. The summed E-state index contributed by atoms with van der Waals surface area (Å²) in [5, 5.41) is 44.5. The first kappa shape index (κ1) is 106. The van der Waals surface area contributed by atoms with Gasteiger partial charge in [-0.25, -0.2) is 15.0 Å². The minimum atomic E-state index is -0.391.